The fraction of sp³-hybridized carbons (Fsp3) is 0.263. The minimum Gasteiger partial charge on any atom is -0.393 e. The van der Waals surface area contributed by atoms with Gasteiger partial charge in [0.2, 0.25) is 0 Å². The molecule has 0 atom stereocenters. The van der Waals surface area contributed by atoms with E-state index in [9.17, 15) is 10.4 Å². The van der Waals surface area contributed by atoms with Gasteiger partial charge in [-0.3, -0.25) is 4.98 Å². The second kappa shape index (κ2) is 6.94. The van der Waals surface area contributed by atoms with Gasteiger partial charge in [-0.2, -0.15) is 5.26 Å². The first-order valence-electron chi connectivity index (χ1n) is 8.55. The Kier molecular flexibility index (Phi) is 4.33. The van der Waals surface area contributed by atoms with E-state index in [-0.39, 0.29) is 6.10 Å². The summed E-state index contributed by atoms with van der Waals surface area (Å²) >= 11 is 0. The standard InChI is InChI=1S/C19H18N6O/c20-12-13-11-14(1-3-17(13)25-9-5-15(26)6-10-25)23-18-4-2-16-19(24-18)22-8-7-21-16/h1-4,7-8,11,15,26H,5-6,9-10H2,(H,22,23,24). The number of anilines is 3. The number of hydrogen-bond acceptors (Lipinski definition) is 7. The number of rotatable bonds is 3. The molecule has 1 aromatic carbocycles. The van der Waals surface area contributed by atoms with Crippen LogP contribution in [0.2, 0.25) is 0 Å². The van der Waals surface area contributed by atoms with Crippen LogP contribution in [0.5, 0.6) is 0 Å². The molecular weight excluding hydrogens is 328 g/mol. The molecule has 0 saturated carbocycles. The summed E-state index contributed by atoms with van der Waals surface area (Å²) < 4.78 is 0. The van der Waals surface area contributed by atoms with Crippen molar-refractivity contribution < 1.29 is 5.11 Å². The van der Waals surface area contributed by atoms with Gasteiger partial charge in [0.25, 0.3) is 0 Å². The minimum absolute atomic E-state index is 0.236. The summed E-state index contributed by atoms with van der Waals surface area (Å²) in [4.78, 5) is 15.0. The Morgan fingerprint density at radius 3 is 2.73 bits per heavy atom. The third kappa shape index (κ3) is 3.27. The number of nitriles is 1. The zero-order chi connectivity index (χ0) is 17.9. The zero-order valence-corrected chi connectivity index (χ0v) is 14.1. The first kappa shape index (κ1) is 16.2. The van der Waals surface area contributed by atoms with Crippen molar-refractivity contribution in [3.63, 3.8) is 0 Å². The maximum absolute atomic E-state index is 9.67. The third-order valence-electron chi connectivity index (χ3n) is 4.53. The fourth-order valence-electron chi connectivity index (χ4n) is 3.16. The van der Waals surface area contributed by atoms with Gasteiger partial charge in [-0.05, 0) is 43.2 Å². The Morgan fingerprint density at radius 2 is 1.92 bits per heavy atom. The van der Waals surface area contributed by atoms with E-state index in [1.54, 1.807) is 12.4 Å². The van der Waals surface area contributed by atoms with Crippen molar-refractivity contribution in [3.8, 4) is 6.07 Å². The number of hydrogen-bond donors (Lipinski definition) is 2. The SMILES string of the molecule is N#Cc1cc(Nc2ccc3nccnc3n2)ccc1N1CCC(O)CC1. The topological polar surface area (TPSA) is 98.0 Å². The van der Waals surface area contributed by atoms with Crippen LogP contribution < -0.4 is 10.2 Å². The Bertz CT molecular complexity index is 975. The van der Waals surface area contributed by atoms with Gasteiger partial charge in [0, 0.05) is 31.2 Å². The van der Waals surface area contributed by atoms with E-state index in [2.05, 4.69) is 31.2 Å². The number of aliphatic hydroxyl groups excluding tert-OH is 1. The third-order valence-corrected chi connectivity index (χ3v) is 4.53. The highest BCUT2D eigenvalue weighted by Crippen LogP contribution is 2.28. The molecule has 3 heterocycles. The predicted molar refractivity (Wildman–Crippen MR) is 99.2 cm³/mol. The average Bonchev–Trinajstić information content (AvgIpc) is 2.68. The molecule has 0 amide bonds. The first-order valence-corrected chi connectivity index (χ1v) is 8.55. The molecule has 4 rings (SSSR count). The van der Waals surface area contributed by atoms with Gasteiger partial charge in [-0.1, -0.05) is 0 Å². The number of aliphatic hydroxyl groups is 1. The maximum Gasteiger partial charge on any atom is 0.180 e. The summed E-state index contributed by atoms with van der Waals surface area (Å²) in [7, 11) is 0. The van der Waals surface area contributed by atoms with Gasteiger partial charge in [-0.25, -0.2) is 9.97 Å². The molecule has 0 bridgehead atoms. The van der Waals surface area contributed by atoms with Crippen molar-refractivity contribution in [1.82, 2.24) is 15.0 Å². The van der Waals surface area contributed by atoms with Crippen LogP contribution in [0.4, 0.5) is 17.2 Å². The zero-order valence-electron chi connectivity index (χ0n) is 14.1. The Balaban J connectivity index is 1.58. The van der Waals surface area contributed by atoms with Crippen LogP contribution in [0, 0.1) is 11.3 Å². The molecule has 1 aliphatic rings. The largest absolute Gasteiger partial charge is 0.393 e. The summed E-state index contributed by atoms with van der Waals surface area (Å²) in [6.45, 7) is 1.51. The van der Waals surface area contributed by atoms with Gasteiger partial charge >= 0.3 is 0 Å². The molecule has 0 unspecified atom stereocenters. The van der Waals surface area contributed by atoms with Gasteiger partial charge in [0.15, 0.2) is 5.65 Å². The lowest BCUT2D eigenvalue weighted by Gasteiger charge is -2.32. The fourth-order valence-corrected chi connectivity index (χ4v) is 3.16. The highest BCUT2D eigenvalue weighted by molar-refractivity contribution is 5.74. The first-order chi connectivity index (χ1) is 12.7. The van der Waals surface area contributed by atoms with Crippen molar-refractivity contribution in [2.75, 3.05) is 23.3 Å². The lowest BCUT2D eigenvalue weighted by atomic mass is 10.0. The van der Waals surface area contributed by atoms with E-state index in [1.165, 1.54) is 0 Å². The number of aromatic nitrogens is 3. The van der Waals surface area contributed by atoms with Gasteiger partial charge in [-0.15, -0.1) is 0 Å². The molecule has 3 aromatic rings. The number of nitrogens with zero attached hydrogens (tertiary/aromatic N) is 5. The lowest BCUT2D eigenvalue weighted by Crippen LogP contribution is -2.36. The molecule has 7 heteroatoms. The molecule has 0 radical (unpaired) electrons. The monoisotopic (exact) mass is 346 g/mol. The molecule has 2 N–H and O–H groups in total. The van der Waals surface area contributed by atoms with Crippen molar-refractivity contribution in [2.45, 2.75) is 18.9 Å². The highest BCUT2D eigenvalue weighted by atomic mass is 16.3. The van der Waals surface area contributed by atoms with Gasteiger partial charge in [0.05, 0.1) is 17.4 Å². The summed E-state index contributed by atoms with van der Waals surface area (Å²) in [6, 6.07) is 11.7. The molecule has 1 aliphatic heterocycles. The van der Waals surface area contributed by atoms with Gasteiger partial charge < -0.3 is 15.3 Å². The van der Waals surface area contributed by atoms with E-state index in [0.717, 1.165) is 42.8 Å². The second-order valence-electron chi connectivity index (χ2n) is 6.28. The summed E-state index contributed by atoms with van der Waals surface area (Å²) in [5, 5.41) is 22.4. The van der Waals surface area contributed by atoms with Gasteiger partial charge in [0.1, 0.15) is 17.4 Å². The molecular formula is C19H18N6O. The van der Waals surface area contributed by atoms with Crippen LogP contribution >= 0.6 is 0 Å². The molecule has 130 valence electrons. The lowest BCUT2D eigenvalue weighted by molar-refractivity contribution is 0.145. The second-order valence-corrected chi connectivity index (χ2v) is 6.28. The van der Waals surface area contributed by atoms with Crippen molar-refractivity contribution in [3.05, 3.63) is 48.3 Å². The smallest absolute Gasteiger partial charge is 0.180 e. The van der Waals surface area contributed by atoms with E-state index in [4.69, 9.17) is 0 Å². The van der Waals surface area contributed by atoms with E-state index < -0.39 is 0 Å². The average molecular weight is 346 g/mol. The predicted octanol–water partition coefficient (Wildman–Crippen LogP) is 2.60. The van der Waals surface area contributed by atoms with Crippen LogP contribution in [0.25, 0.3) is 11.2 Å². The van der Waals surface area contributed by atoms with Crippen molar-refractivity contribution >= 4 is 28.4 Å². The Hall–Kier alpha value is -3.24. The minimum atomic E-state index is -0.236. The molecule has 0 aliphatic carbocycles. The van der Waals surface area contributed by atoms with Crippen LogP contribution in [0.3, 0.4) is 0 Å². The number of benzene rings is 1. The van der Waals surface area contributed by atoms with Crippen LogP contribution in [-0.2, 0) is 0 Å². The van der Waals surface area contributed by atoms with E-state index >= 15 is 0 Å². The van der Waals surface area contributed by atoms with Crippen LogP contribution in [0.1, 0.15) is 18.4 Å². The summed E-state index contributed by atoms with van der Waals surface area (Å²) in [5.74, 6) is 0.649. The quantitative estimate of drug-likeness (QED) is 0.752. The summed E-state index contributed by atoms with van der Waals surface area (Å²) in [6.07, 6.45) is 4.46. The van der Waals surface area contributed by atoms with E-state index in [0.29, 0.717) is 17.0 Å². The van der Waals surface area contributed by atoms with Crippen LogP contribution in [0.15, 0.2) is 42.7 Å². The maximum atomic E-state index is 9.67. The molecule has 2 aromatic heterocycles. The van der Waals surface area contributed by atoms with E-state index in [1.807, 2.05) is 30.3 Å². The number of piperidine rings is 1. The number of nitrogens with one attached hydrogen (secondary N) is 1. The molecule has 7 nitrogen and oxygen atoms in total. The number of fused-ring (bicyclic) bond motifs is 1. The Labute approximate surface area is 151 Å². The normalized spacial score (nSPS) is 15.0. The van der Waals surface area contributed by atoms with Crippen LogP contribution in [-0.4, -0.2) is 39.3 Å². The molecule has 1 saturated heterocycles. The highest BCUT2D eigenvalue weighted by Gasteiger charge is 2.19. The number of pyridine rings is 1. The molecule has 26 heavy (non-hydrogen) atoms. The Morgan fingerprint density at radius 1 is 1.12 bits per heavy atom. The molecule has 1 fully saturated rings. The van der Waals surface area contributed by atoms with Crippen molar-refractivity contribution in [2.24, 2.45) is 0 Å². The van der Waals surface area contributed by atoms with Crippen molar-refractivity contribution in [1.29, 1.82) is 5.26 Å². The summed E-state index contributed by atoms with van der Waals surface area (Å²) in [5.41, 5.74) is 3.60. The molecule has 0 spiro atoms.